The summed E-state index contributed by atoms with van der Waals surface area (Å²) < 4.78 is 16.8. The molecule has 1 aliphatic rings. The summed E-state index contributed by atoms with van der Waals surface area (Å²) in [5, 5.41) is 59.3. The van der Waals surface area contributed by atoms with Gasteiger partial charge in [0.1, 0.15) is 52.6 Å². The normalized spacial score (nSPS) is 26.9. The van der Waals surface area contributed by atoms with Gasteiger partial charge in [0.25, 0.3) is 0 Å². The summed E-state index contributed by atoms with van der Waals surface area (Å²) in [6.07, 6.45) is -5.73. The van der Waals surface area contributed by atoms with Crippen molar-refractivity contribution < 1.29 is 44.5 Å². The van der Waals surface area contributed by atoms with Crippen LogP contribution in [-0.2, 0) is 11.2 Å². The van der Waals surface area contributed by atoms with E-state index in [1.54, 1.807) is 19.9 Å². The Balaban J connectivity index is 2.11. The van der Waals surface area contributed by atoms with Crippen LogP contribution in [-0.4, -0.2) is 74.6 Å². The Morgan fingerprint density at radius 3 is 2.52 bits per heavy atom. The van der Waals surface area contributed by atoms with Crippen LogP contribution < -0.4 is 10.2 Å². The van der Waals surface area contributed by atoms with Gasteiger partial charge in [-0.1, -0.05) is 11.6 Å². The molecule has 0 radical (unpaired) electrons. The first-order valence-corrected chi connectivity index (χ1v) is 9.70. The number of allylic oxidation sites excluding steroid dienone is 1. The third kappa shape index (κ3) is 4.59. The lowest BCUT2D eigenvalue weighted by atomic mass is 9.99. The Labute approximate surface area is 177 Å². The van der Waals surface area contributed by atoms with E-state index >= 15 is 0 Å². The molecule has 6 N–H and O–H groups in total. The molecule has 0 aliphatic carbocycles. The summed E-state index contributed by atoms with van der Waals surface area (Å²) >= 11 is 0. The first kappa shape index (κ1) is 23.2. The lowest BCUT2D eigenvalue weighted by molar-refractivity contribution is -0.277. The Kier molecular flexibility index (Phi) is 6.99. The van der Waals surface area contributed by atoms with E-state index in [4.69, 9.17) is 13.9 Å². The minimum atomic E-state index is -1.66. The second kappa shape index (κ2) is 9.35. The Morgan fingerprint density at radius 2 is 1.87 bits per heavy atom. The number of ether oxygens (including phenoxy) is 2. The molecule has 1 fully saturated rings. The highest BCUT2D eigenvalue weighted by molar-refractivity contribution is 5.88. The van der Waals surface area contributed by atoms with E-state index in [1.165, 1.54) is 6.07 Å². The smallest absolute Gasteiger partial charge is 0.229 e. The first-order valence-electron chi connectivity index (χ1n) is 9.70. The van der Waals surface area contributed by atoms with Crippen LogP contribution in [0.15, 0.2) is 33.0 Å². The predicted octanol–water partition coefficient (Wildman–Crippen LogP) is -0.533. The highest BCUT2D eigenvalue weighted by atomic mass is 16.7. The van der Waals surface area contributed by atoms with E-state index in [1.807, 2.05) is 0 Å². The van der Waals surface area contributed by atoms with Gasteiger partial charge in [0.05, 0.1) is 13.2 Å². The molecule has 0 bridgehead atoms. The van der Waals surface area contributed by atoms with E-state index in [9.17, 15) is 35.4 Å². The molecule has 2 heterocycles. The van der Waals surface area contributed by atoms with Gasteiger partial charge in [0.2, 0.25) is 6.29 Å². The van der Waals surface area contributed by atoms with Crippen LogP contribution in [0, 0.1) is 6.92 Å². The Hall–Kier alpha value is -2.47. The molecular weight excluding hydrogens is 412 g/mol. The highest BCUT2D eigenvalue weighted by Gasteiger charge is 2.45. The molecule has 31 heavy (non-hydrogen) atoms. The SMILES string of the molecule is C/C(=C\Cc1c(O[C@@H]2O[C@H](CO)[C@@H](O)[C@H](O)[C@H]2O)cc(O)c2c(=O)cc(C)oc12)CO. The van der Waals surface area contributed by atoms with Gasteiger partial charge < -0.3 is 44.5 Å². The average molecular weight is 438 g/mol. The standard InChI is InChI=1S/C21H26O10/c1-9(7-22)3-4-11-14(6-13(25)16-12(24)5-10(2)29-20(11)16)30-21-19(28)18(27)17(26)15(8-23)31-21/h3,5-6,15,17-19,21-23,25-28H,4,7-8H2,1-2H3/b9-3+/t15-,17-,18+,19-,21-/m1/s1. The molecule has 0 unspecified atom stereocenters. The maximum atomic E-state index is 12.4. The van der Waals surface area contributed by atoms with E-state index in [0.717, 1.165) is 6.07 Å². The molecule has 10 heteroatoms. The zero-order chi connectivity index (χ0) is 22.9. The fourth-order valence-electron chi connectivity index (χ4n) is 3.39. The van der Waals surface area contributed by atoms with Crippen LogP contribution >= 0.6 is 0 Å². The van der Waals surface area contributed by atoms with Gasteiger partial charge in [-0.05, 0) is 20.3 Å². The number of phenolic OH excluding ortho intramolecular Hbond substituents is 1. The highest BCUT2D eigenvalue weighted by Crippen LogP contribution is 2.36. The van der Waals surface area contributed by atoms with Crippen LogP contribution in [0.4, 0.5) is 0 Å². The van der Waals surface area contributed by atoms with Crippen molar-refractivity contribution in [2.75, 3.05) is 13.2 Å². The van der Waals surface area contributed by atoms with Gasteiger partial charge in [-0.15, -0.1) is 0 Å². The summed E-state index contributed by atoms with van der Waals surface area (Å²) in [4.78, 5) is 12.4. The van der Waals surface area contributed by atoms with Crippen molar-refractivity contribution in [1.29, 1.82) is 0 Å². The van der Waals surface area contributed by atoms with Crippen molar-refractivity contribution in [3.63, 3.8) is 0 Å². The Bertz CT molecular complexity index is 1020. The fourth-order valence-corrected chi connectivity index (χ4v) is 3.39. The lowest BCUT2D eigenvalue weighted by Crippen LogP contribution is -2.60. The number of aliphatic hydroxyl groups excluding tert-OH is 5. The van der Waals surface area contributed by atoms with E-state index in [-0.39, 0.29) is 29.7 Å². The second-order valence-electron chi connectivity index (χ2n) is 7.53. The van der Waals surface area contributed by atoms with Crippen LogP contribution in [0.2, 0.25) is 0 Å². The van der Waals surface area contributed by atoms with Crippen molar-refractivity contribution in [3.8, 4) is 11.5 Å². The third-order valence-corrected chi connectivity index (χ3v) is 5.16. The third-order valence-electron chi connectivity index (χ3n) is 5.16. The van der Waals surface area contributed by atoms with Crippen LogP contribution in [0.25, 0.3) is 11.0 Å². The molecular formula is C21H26O10. The maximum absolute atomic E-state index is 12.4. The molecule has 0 amide bonds. The average Bonchev–Trinajstić information content (AvgIpc) is 2.72. The quantitative estimate of drug-likeness (QED) is 0.322. The molecule has 1 aromatic carbocycles. The zero-order valence-corrected chi connectivity index (χ0v) is 17.1. The molecule has 170 valence electrons. The summed E-state index contributed by atoms with van der Waals surface area (Å²) in [5.74, 6) is -0.133. The predicted molar refractivity (Wildman–Crippen MR) is 108 cm³/mol. The number of aromatic hydroxyl groups is 1. The molecule has 10 nitrogen and oxygen atoms in total. The molecule has 0 spiro atoms. The van der Waals surface area contributed by atoms with Gasteiger partial charge in [-0.2, -0.15) is 0 Å². The van der Waals surface area contributed by atoms with Gasteiger partial charge in [-0.25, -0.2) is 0 Å². The molecule has 3 rings (SSSR count). The number of hydrogen-bond acceptors (Lipinski definition) is 10. The fraction of sp³-hybridized carbons (Fsp3) is 0.476. The monoisotopic (exact) mass is 438 g/mol. The van der Waals surface area contributed by atoms with Crippen LogP contribution in [0.5, 0.6) is 11.5 Å². The van der Waals surface area contributed by atoms with Crippen molar-refractivity contribution in [2.24, 2.45) is 0 Å². The minimum Gasteiger partial charge on any atom is -0.507 e. The van der Waals surface area contributed by atoms with Gasteiger partial charge >= 0.3 is 0 Å². The van der Waals surface area contributed by atoms with E-state index in [2.05, 4.69) is 0 Å². The van der Waals surface area contributed by atoms with Gasteiger partial charge in [0, 0.05) is 17.7 Å². The van der Waals surface area contributed by atoms with Crippen molar-refractivity contribution in [2.45, 2.75) is 51.0 Å². The van der Waals surface area contributed by atoms with Crippen molar-refractivity contribution >= 4 is 11.0 Å². The number of rotatable bonds is 6. The summed E-state index contributed by atoms with van der Waals surface area (Å²) in [6, 6.07) is 2.40. The molecule has 5 atom stereocenters. The topological polar surface area (TPSA) is 170 Å². The maximum Gasteiger partial charge on any atom is 0.229 e. The van der Waals surface area contributed by atoms with E-state index < -0.39 is 48.5 Å². The number of hydrogen-bond donors (Lipinski definition) is 6. The second-order valence-corrected chi connectivity index (χ2v) is 7.53. The molecule has 1 aromatic heterocycles. The van der Waals surface area contributed by atoms with Crippen molar-refractivity contribution in [3.05, 3.63) is 45.3 Å². The number of phenols is 1. The molecule has 1 aliphatic heterocycles. The number of benzene rings is 1. The number of aliphatic hydroxyl groups is 5. The number of aryl methyl sites for hydroxylation is 1. The van der Waals surface area contributed by atoms with Crippen LogP contribution in [0.1, 0.15) is 18.2 Å². The van der Waals surface area contributed by atoms with Crippen LogP contribution in [0.3, 0.4) is 0 Å². The molecule has 0 saturated carbocycles. The van der Waals surface area contributed by atoms with Crippen molar-refractivity contribution in [1.82, 2.24) is 0 Å². The Morgan fingerprint density at radius 1 is 1.16 bits per heavy atom. The molecule has 2 aromatic rings. The summed E-state index contributed by atoms with van der Waals surface area (Å²) in [6.45, 7) is 2.44. The largest absolute Gasteiger partial charge is 0.507 e. The molecule has 1 saturated heterocycles. The summed E-state index contributed by atoms with van der Waals surface area (Å²) in [5.41, 5.74) is 0.569. The van der Waals surface area contributed by atoms with Gasteiger partial charge in [-0.3, -0.25) is 4.79 Å². The summed E-state index contributed by atoms with van der Waals surface area (Å²) in [7, 11) is 0. The lowest BCUT2D eigenvalue weighted by Gasteiger charge is -2.39. The zero-order valence-electron chi connectivity index (χ0n) is 17.1. The van der Waals surface area contributed by atoms with Gasteiger partial charge in [0.15, 0.2) is 5.43 Å². The minimum absolute atomic E-state index is 0.00920. The number of fused-ring (bicyclic) bond motifs is 1. The van der Waals surface area contributed by atoms with E-state index in [0.29, 0.717) is 16.9 Å². The first-order chi connectivity index (χ1) is 14.7.